The molecule has 1 unspecified atom stereocenters. The van der Waals surface area contributed by atoms with E-state index in [1.807, 2.05) is 17.8 Å². The highest BCUT2D eigenvalue weighted by Crippen LogP contribution is 2.20. The lowest BCUT2D eigenvalue weighted by Gasteiger charge is -2.05. The van der Waals surface area contributed by atoms with E-state index in [4.69, 9.17) is 0 Å². The highest BCUT2D eigenvalue weighted by molar-refractivity contribution is 8.14. The molecule has 10 heavy (non-hydrogen) atoms. The van der Waals surface area contributed by atoms with Crippen LogP contribution in [-0.4, -0.2) is 17.3 Å². The van der Waals surface area contributed by atoms with Crippen LogP contribution in [0.2, 0.25) is 0 Å². The zero-order valence-corrected chi connectivity index (χ0v) is 7.16. The van der Waals surface area contributed by atoms with Gasteiger partial charge >= 0.3 is 0 Å². The number of allylic oxidation sites excluding steroid dienone is 1. The van der Waals surface area contributed by atoms with E-state index < -0.39 is 0 Å². The Morgan fingerprint density at radius 3 is 3.20 bits per heavy atom. The Bertz CT molecular complexity index is 151. The van der Waals surface area contributed by atoms with Gasteiger partial charge in [0.2, 0.25) is 0 Å². The molecule has 1 atom stereocenters. The predicted octanol–water partition coefficient (Wildman–Crippen LogP) is 2.34. The second-order valence-electron chi connectivity index (χ2n) is 2.49. The van der Waals surface area contributed by atoms with Gasteiger partial charge in [-0.3, -0.25) is 4.99 Å². The van der Waals surface area contributed by atoms with Crippen LogP contribution in [0.5, 0.6) is 0 Å². The Morgan fingerprint density at radius 1 is 1.90 bits per heavy atom. The van der Waals surface area contributed by atoms with Gasteiger partial charge in [-0.2, -0.15) is 0 Å². The van der Waals surface area contributed by atoms with Gasteiger partial charge in [-0.15, -0.1) is 18.3 Å². The van der Waals surface area contributed by atoms with Crippen LogP contribution in [0.4, 0.5) is 0 Å². The average molecular weight is 155 g/mol. The van der Waals surface area contributed by atoms with Crippen molar-refractivity contribution in [1.82, 2.24) is 0 Å². The van der Waals surface area contributed by atoms with Gasteiger partial charge in [-0.25, -0.2) is 0 Å². The van der Waals surface area contributed by atoms with Crippen LogP contribution in [0.25, 0.3) is 0 Å². The molecule has 0 saturated heterocycles. The molecule has 1 nitrogen and oxygen atoms in total. The Labute approximate surface area is 66.6 Å². The summed E-state index contributed by atoms with van der Waals surface area (Å²) in [4.78, 5) is 4.39. The molecular formula is C8H13NS. The standard InChI is InChI=1S/C8H13NS/c1-3-4-7(2)8-9-5-6-10-8/h3,7H,1,4-6H2,2H3. The van der Waals surface area contributed by atoms with E-state index in [0.29, 0.717) is 5.92 Å². The number of rotatable bonds is 3. The summed E-state index contributed by atoms with van der Waals surface area (Å²) in [5.74, 6) is 1.78. The van der Waals surface area contributed by atoms with Gasteiger partial charge in [0.25, 0.3) is 0 Å². The van der Waals surface area contributed by atoms with E-state index >= 15 is 0 Å². The molecule has 0 radical (unpaired) electrons. The smallest absolute Gasteiger partial charge is 0.0708 e. The minimum Gasteiger partial charge on any atom is -0.282 e. The Balaban J connectivity index is 2.39. The van der Waals surface area contributed by atoms with Gasteiger partial charge in [0, 0.05) is 18.2 Å². The fourth-order valence-corrected chi connectivity index (χ4v) is 1.96. The Kier molecular flexibility index (Phi) is 3.00. The lowest BCUT2D eigenvalue weighted by Crippen LogP contribution is -2.02. The zero-order chi connectivity index (χ0) is 7.40. The van der Waals surface area contributed by atoms with Crippen molar-refractivity contribution in [3.63, 3.8) is 0 Å². The fourth-order valence-electron chi connectivity index (χ4n) is 1.00. The molecule has 1 heterocycles. The summed E-state index contributed by atoms with van der Waals surface area (Å²) >= 11 is 1.89. The number of thioether (sulfide) groups is 1. The molecule has 1 aliphatic heterocycles. The lowest BCUT2D eigenvalue weighted by molar-refractivity contribution is 0.802. The molecule has 0 amide bonds. The quantitative estimate of drug-likeness (QED) is 0.570. The van der Waals surface area contributed by atoms with Gasteiger partial charge in [0.05, 0.1) is 5.04 Å². The van der Waals surface area contributed by atoms with Crippen LogP contribution in [0, 0.1) is 5.92 Å². The van der Waals surface area contributed by atoms with Crippen LogP contribution in [0.15, 0.2) is 17.6 Å². The SMILES string of the molecule is C=CCC(C)C1=NCCS1. The summed E-state index contributed by atoms with van der Waals surface area (Å²) in [7, 11) is 0. The van der Waals surface area contributed by atoms with Crippen molar-refractivity contribution < 1.29 is 0 Å². The molecule has 0 spiro atoms. The van der Waals surface area contributed by atoms with E-state index in [2.05, 4.69) is 18.5 Å². The second kappa shape index (κ2) is 3.81. The summed E-state index contributed by atoms with van der Waals surface area (Å²) in [6.07, 6.45) is 3.03. The van der Waals surface area contributed by atoms with Gasteiger partial charge in [-0.1, -0.05) is 13.0 Å². The number of nitrogens with zero attached hydrogens (tertiary/aromatic N) is 1. The first-order valence-electron chi connectivity index (χ1n) is 3.62. The zero-order valence-electron chi connectivity index (χ0n) is 6.34. The molecule has 0 N–H and O–H groups in total. The molecular weight excluding hydrogens is 142 g/mol. The molecule has 0 aromatic rings. The fraction of sp³-hybridized carbons (Fsp3) is 0.625. The molecule has 0 aromatic heterocycles. The molecule has 0 fully saturated rings. The number of hydrogen-bond donors (Lipinski definition) is 0. The van der Waals surface area contributed by atoms with Crippen molar-refractivity contribution in [3.05, 3.63) is 12.7 Å². The van der Waals surface area contributed by atoms with E-state index in [-0.39, 0.29) is 0 Å². The third-order valence-electron chi connectivity index (χ3n) is 1.55. The minimum atomic E-state index is 0.602. The van der Waals surface area contributed by atoms with Gasteiger partial charge in [-0.05, 0) is 6.42 Å². The van der Waals surface area contributed by atoms with Crippen molar-refractivity contribution >= 4 is 16.8 Å². The van der Waals surface area contributed by atoms with Crippen LogP contribution in [0.1, 0.15) is 13.3 Å². The van der Waals surface area contributed by atoms with Gasteiger partial charge < -0.3 is 0 Å². The normalized spacial score (nSPS) is 20.3. The largest absolute Gasteiger partial charge is 0.282 e. The van der Waals surface area contributed by atoms with E-state index in [1.54, 1.807) is 0 Å². The summed E-state index contributed by atoms with van der Waals surface area (Å²) in [5.41, 5.74) is 0. The summed E-state index contributed by atoms with van der Waals surface area (Å²) in [5, 5.41) is 1.32. The number of aliphatic imine (C=N–C) groups is 1. The minimum absolute atomic E-state index is 0.602. The first-order chi connectivity index (χ1) is 4.84. The topological polar surface area (TPSA) is 12.4 Å². The maximum absolute atomic E-state index is 4.39. The highest BCUT2D eigenvalue weighted by atomic mass is 32.2. The second-order valence-corrected chi connectivity index (χ2v) is 3.61. The molecule has 56 valence electrons. The Hall–Kier alpha value is -0.240. The maximum Gasteiger partial charge on any atom is 0.0708 e. The van der Waals surface area contributed by atoms with Gasteiger partial charge in [0.1, 0.15) is 0 Å². The molecule has 0 bridgehead atoms. The van der Waals surface area contributed by atoms with Crippen molar-refractivity contribution in [2.75, 3.05) is 12.3 Å². The average Bonchev–Trinajstić information content (AvgIpc) is 2.38. The lowest BCUT2D eigenvalue weighted by atomic mass is 10.1. The van der Waals surface area contributed by atoms with Crippen molar-refractivity contribution in [2.24, 2.45) is 10.9 Å². The molecule has 0 aliphatic carbocycles. The summed E-state index contributed by atoms with van der Waals surface area (Å²) < 4.78 is 0. The Morgan fingerprint density at radius 2 is 2.70 bits per heavy atom. The first-order valence-corrected chi connectivity index (χ1v) is 4.61. The summed E-state index contributed by atoms with van der Waals surface area (Å²) in [6.45, 7) is 6.93. The van der Waals surface area contributed by atoms with Crippen molar-refractivity contribution in [3.8, 4) is 0 Å². The molecule has 2 heteroatoms. The predicted molar refractivity (Wildman–Crippen MR) is 48.7 cm³/mol. The van der Waals surface area contributed by atoms with E-state index in [0.717, 1.165) is 13.0 Å². The third kappa shape index (κ3) is 1.87. The van der Waals surface area contributed by atoms with Crippen molar-refractivity contribution in [2.45, 2.75) is 13.3 Å². The monoisotopic (exact) mass is 155 g/mol. The molecule has 1 aliphatic rings. The highest BCUT2D eigenvalue weighted by Gasteiger charge is 2.12. The van der Waals surface area contributed by atoms with Crippen LogP contribution in [0.3, 0.4) is 0 Å². The third-order valence-corrected chi connectivity index (χ3v) is 2.76. The molecule has 0 aromatic carbocycles. The maximum atomic E-state index is 4.39. The van der Waals surface area contributed by atoms with Crippen LogP contribution < -0.4 is 0 Å². The van der Waals surface area contributed by atoms with E-state index in [9.17, 15) is 0 Å². The molecule has 0 saturated carbocycles. The van der Waals surface area contributed by atoms with Crippen LogP contribution >= 0.6 is 11.8 Å². The van der Waals surface area contributed by atoms with Crippen molar-refractivity contribution in [1.29, 1.82) is 0 Å². The van der Waals surface area contributed by atoms with Gasteiger partial charge in [0.15, 0.2) is 0 Å². The first kappa shape index (κ1) is 7.86. The number of hydrogen-bond acceptors (Lipinski definition) is 2. The summed E-state index contributed by atoms with van der Waals surface area (Å²) in [6, 6.07) is 0. The molecule has 1 rings (SSSR count). The van der Waals surface area contributed by atoms with Crippen LogP contribution in [-0.2, 0) is 0 Å². The van der Waals surface area contributed by atoms with E-state index in [1.165, 1.54) is 10.8 Å².